The maximum atomic E-state index is 12.8. The molecule has 0 atom stereocenters. The number of halogens is 3. The van der Waals surface area contributed by atoms with Gasteiger partial charge in [-0.05, 0) is 6.42 Å². The molecule has 0 fully saturated rings. The third kappa shape index (κ3) is 2.89. The Morgan fingerprint density at radius 3 is 2.65 bits per heavy atom. The monoisotopic (exact) mass is 285 g/mol. The number of hydrogen-bond acceptors (Lipinski definition) is 4. The van der Waals surface area contributed by atoms with Crippen molar-refractivity contribution in [2.24, 2.45) is 0 Å². The van der Waals surface area contributed by atoms with Gasteiger partial charge >= 0.3 is 6.18 Å². The highest BCUT2D eigenvalue weighted by Gasteiger charge is 2.35. The standard InChI is InChI=1S/C12H14F3N5/c1-3-5-20-6-4-17-10(20)8-7-9(16-2)19-11(18-8)12(13,14)15/h4,6-7H,3,5H2,1-2H3,(H,16,18,19). The zero-order valence-corrected chi connectivity index (χ0v) is 11.1. The minimum Gasteiger partial charge on any atom is -0.373 e. The minimum absolute atomic E-state index is 0.105. The fourth-order valence-electron chi connectivity index (χ4n) is 1.78. The van der Waals surface area contributed by atoms with E-state index in [0.29, 0.717) is 12.4 Å². The lowest BCUT2D eigenvalue weighted by Crippen LogP contribution is -2.14. The molecule has 108 valence electrons. The molecule has 2 aromatic rings. The van der Waals surface area contributed by atoms with Crippen molar-refractivity contribution in [2.75, 3.05) is 12.4 Å². The van der Waals surface area contributed by atoms with E-state index >= 15 is 0 Å². The molecule has 0 aliphatic rings. The van der Waals surface area contributed by atoms with Crippen molar-refractivity contribution in [2.45, 2.75) is 26.1 Å². The molecule has 0 amide bonds. The van der Waals surface area contributed by atoms with E-state index in [1.54, 1.807) is 17.0 Å². The minimum atomic E-state index is -4.59. The maximum absolute atomic E-state index is 12.8. The van der Waals surface area contributed by atoms with Crippen LogP contribution in [0, 0.1) is 0 Å². The van der Waals surface area contributed by atoms with Crippen LogP contribution in [-0.2, 0) is 12.7 Å². The largest absolute Gasteiger partial charge is 0.451 e. The molecule has 0 aliphatic heterocycles. The number of anilines is 1. The number of aromatic nitrogens is 4. The van der Waals surface area contributed by atoms with Gasteiger partial charge in [0.25, 0.3) is 0 Å². The van der Waals surface area contributed by atoms with E-state index in [2.05, 4.69) is 20.3 Å². The van der Waals surface area contributed by atoms with Crippen LogP contribution in [0.3, 0.4) is 0 Å². The molecule has 0 radical (unpaired) electrons. The van der Waals surface area contributed by atoms with Crippen LogP contribution in [-0.4, -0.2) is 26.6 Å². The van der Waals surface area contributed by atoms with E-state index in [4.69, 9.17) is 0 Å². The second-order valence-corrected chi connectivity index (χ2v) is 4.15. The Kier molecular flexibility index (Phi) is 3.91. The number of hydrogen-bond donors (Lipinski definition) is 1. The normalized spacial score (nSPS) is 11.7. The molecular weight excluding hydrogens is 271 g/mol. The van der Waals surface area contributed by atoms with Gasteiger partial charge in [0.1, 0.15) is 11.5 Å². The van der Waals surface area contributed by atoms with Crippen LogP contribution in [0.5, 0.6) is 0 Å². The molecule has 1 N–H and O–H groups in total. The van der Waals surface area contributed by atoms with Gasteiger partial charge in [-0.25, -0.2) is 15.0 Å². The summed E-state index contributed by atoms with van der Waals surface area (Å²) in [5, 5.41) is 2.61. The molecule has 2 rings (SSSR count). The first-order valence-electron chi connectivity index (χ1n) is 6.11. The quantitative estimate of drug-likeness (QED) is 0.938. The second-order valence-electron chi connectivity index (χ2n) is 4.15. The number of nitrogens with one attached hydrogen (secondary N) is 1. The van der Waals surface area contributed by atoms with Crippen molar-refractivity contribution in [1.82, 2.24) is 19.5 Å². The van der Waals surface area contributed by atoms with Crippen molar-refractivity contribution in [1.29, 1.82) is 0 Å². The van der Waals surface area contributed by atoms with Gasteiger partial charge in [-0.1, -0.05) is 6.92 Å². The first-order chi connectivity index (χ1) is 9.45. The van der Waals surface area contributed by atoms with E-state index in [9.17, 15) is 13.2 Å². The molecular formula is C12H14F3N5. The fourth-order valence-corrected chi connectivity index (χ4v) is 1.78. The summed E-state index contributed by atoms with van der Waals surface area (Å²) in [5.74, 6) is -0.671. The molecule has 0 aliphatic carbocycles. The first-order valence-corrected chi connectivity index (χ1v) is 6.11. The predicted octanol–water partition coefficient (Wildman–Crippen LogP) is 2.81. The Hall–Kier alpha value is -2.12. The Labute approximate surface area is 113 Å². The average molecular weight is 285 g/mol. The van der Waals surface area contributed by atoms with Crippen LogP contribution in [0.2, 0.25) is 0 Å². The summed E-state index contributed by atoms with van der Waals surface area (Å²) >= 11 is 0. The van der Waals surface area contributed by atoms with Crippen molar-refractivity contribution in [3.05, 3.63) is 24.3 Å². The van der Waals surface area contributed by atoms with Crippen LogP contribution in [0.15, 0.2) is 18.5 Å². The fraction of sp³-hybridized carbons (Fsp3) is 0.417. The predicted molar refractivity (Wildman–Crippen MR) is 68.1 cm³/mol. The number of nitrogens with zero attached hydrogens (tertiary/aromatic N) is 4. The van der Waals surface area contributed by atoms with Gasteiger partial charge in [-0.2, -0.15) is 13.2 Å². The van der Waals surface area contributed by atoms with Gasteiger partial charge < -0.3 is 9.88 Å². The molecule has 0 spiro atoms. The summed E-state index contributed by atoms with van der Waals surface area (Å²) in [6, 6.07) is 1.45. The summed E-state index contributed by atoms with van der Waals surface area (Å²) in [4.78, 5) is 11.1. The molecule has 2 heterocycles. The lowest BCUT2D eigenvalue weighted by atomic mass is 10.3. The smallest absolute Gasteiger partial charge is 0.373 e. The SMILES string of the molecule is CCCn1ccnc1-c1cc(NC)nc(C(F)(F)F)n1. The van der Waals surface area contributed by atoms with Crippen LogP contribution < -0.4 is 5.32 Å². The van der Waals surface area contributed by atoms with Gasteiger partial charge in [0.2, 0.25) is 5.82 Å². The molecule has 2 aromatic heterocycles. The van der Waals surface area contributed by atoms with Crippen molar-refractivity contribution in [3.63, 3.8) is 0 Å². The van der Waals surface area contributed by atoms with E-state index in [-0.39, 0.29) is 11.5 Å². The molecule has 20 heavy (non-hydrogen) atoms. The molecule has 0 bridgehead atoms. The van der Waals surface area contributed by atoms with Gasteiger partial charge in [0, 0.05) is 32.1 Å². The van der Waals surface area contributed by atoms with E-state index in [1.807, 2.05) is 6.92 Å². The topological polar surface area (TPSA) is 55.6 Å². The van der Waals surface area contributed by atoms with Crippen molar-refractivity contribution < 1.29 is 13.2 Å². The molecule has 5 nitrogen and oxygen atoms in total. The van der Waals surface area contributed by atoms with Gasteiger partial charge in [-0.15, -0.1) is 0 Å². The highest BCUT2D eigenvalue weighted by Crippen LogP contribution is 2.29. The Balaban J connectivity index is 2.53. The summed E-state index contributed by atoms with van der Waals surface area (Å²) in [5.41, 5.74) is 0.148. The maximum Gasteiger partial charge on any atom is 0.451 e. The van der Waals surface area contributed by atoms with Crippen LogP contribution in [0.1, 0.15) is 19.2 Å². The Bertz CT molecular complexity index is 591. The third-order valence-electron chi connectivity index (χ3n) is 2.64. The van der Waals surface area contributed by atoms with Crippen LogP contribution in [0.4, 0.5) is 19.0 Å². The lowest BCUT2D eigenvalue weighted by Gasteiger charge is -2.11. The zero-order valence-electron chi connectivity index (χ0n) is 11.1. The highest BCUT2D eigenvalue weighted by atomic mass is 19.4. The van der Waals surface area contributed by atoms with E-state index < -0.39 is 12.0 Å². The van der Waals surface area contributed by atoms with Crippen molar-refractivity contribution >= 4 is 5.82 Å². The van der Waals surface area contributed by atoms with Crippen LogP contribution >= 0.6 is 0 Å². The zero-order chi connectivity index (χ0) is 14.8. The van der Waals surface area contributed by atoms with Gasteiger partial charge in [-0.3, -0.25) is 0 Å². The average Bonchev–Trinajstić information content (AvgIpc) is 2.86. The second kappa shape index (κ2) is 5.48. The third-order valence-corrected chi connectivity index (χ3v) is 2.64. The number of imidazole rings is 1. The highest BCUT2D eigenvalue weighted by molar-refractivity contribution is 5.55. The molecule has 0 saturated carbocycles. The van der Waals surface area contributed by atoms with Crippen molar-refractivity contribution in [3.8, 4) is 11.5 Å². The van der Waals surface area contributed by atoms with E-state index in [0.717, 1.165) is 6.42 Å². The van der Waals surface area contributed by atoms with Gasteiger partial charge in [0.15, 0.2) is 5.82 Å². The lowest BCUT2D eigenvalue weighted by molar-refractivity contribution is -0.144. The molecule has 8 heteroatoms. The van der Waals surface area contributed by atoms with E-state index in [1.165, 1.54) is 13.1 Å². The summed E-state index contributed by atoms with van der Waals surface area (Å²) < 4.78 is 40.1. The summed E-state index contributed by atoms with van der Waals surface area (Å²) in [6.07, 6.45) is -0.490. The number of rotatable bonds is 4. The number of aryl methyl sites for hydroxylation is 1. The molecule has 0 unspecified atom stereocenters. The molecule has 0 aromatic carbocycles. The van der Waals surface area contributed by atoms with Gasteiger partial charge in [0.05, 0.1) is 0 Å². The van der Waals surface area contributed by atoms with Crippen LogP contribution in [0.25, 0.3) is 11.5 Å². The number of alkyl halides is 3. The summed E-state index contributed by atoms with van der Waals surface area (Å²) in [7, 11) is 1.50. The first kappa shape index (κ1) is 14.3. The Morgan fingerprint density at radius 1 is 1.30 bits per heavy atom. The Morgan fingerprint density at radius 2 is 2.05 bits per heavy atom. The summed E-state index contributed by atoms with van der Waals surface area (Å²) in [6.45, 7) is 2.64. The molecule has 0 saturated heterocycles.